The summed E-state index contributed by atoms with van der Waals surface area (Å²) in [6.45, 7) is 4.51. The van der Waals surface area contributed by atoms with E-state index in [9.17, 15) is 9.59 Å². The molecule has 2 heterocycles. The zero-order chi connectivity index (χ0) is 23.7. The van der Waals surface area contributed by atoms with Crippen molar-refractivity contribution in [3.8, 4) is 0 Å². The standard InChI is InChI=1S/C26H25N5O2S/c1-3-4-16-30-24(33)20-13-7-8-15-22(20)31-25(30)28-29-26(31)34-17(2)23(32)27-21-14-9-11-18-10-5-6-12-19(18)21/h5-15,17H,3-4,16H2,1-2H3,(H,27,32). The van der Waals surface area contributed by atoms with Gasteiger partial charge >= 0.3 is 0 Å². The van der Waals surface area contributed by atoms with Crippen LogP contribution in [-0.4, -0.2) is 30.3 Å². The summed E-state index contributed by atoms with van der Waals surface area (Å²) in [4.78, 5) is 26.2. The molecule has 2 aromatic heterocycles. The number of aryl methyl sites for hydroxylation is 1. The molecule has 1 atom stereocenters. The van der Waals surface area contributed by atoms with Gasteiger partial charge in [0.2, 0.25) is 11.7 Å². The average Bonchev–Trinajstić information content (AvgIpc) is 3.27. The fourth-order valence-electron chi connectivity index (χ4n) is 4.11. The Balaban J connectivity index is 1.49. The number of carbonyl (C=O) groups excluding carboxylic acids is 1. The van der Waals surface area contributed by atoms with E-state index in [4.69, 9.17) is 0 Å². The van der Waals surface area contributed by atoms with Gasteiger partial charge in [-0.15, -0.1) is 10.2 Å². The molecule has 0 radical (unpaired) electrons. The van der Waals surface area contributed by atoms with Crippen molar-refractivity contribution in [1.29, 1.82) is 0 Å². The van der Waals surface area contributed by atoms with E-state index in [1.54, 1.807) is 4.57 Å². The van der Waals surface area contributed by atoms with Gasteiger partial charge in [-0.25, -0.2) is 0 Å². The summed E-state index contributed by atoms with van der Waals surface area (Å²) < 4.78 is 3.57. The summed E-state index contributed by atoms with van der Waals surface area (Å²) in [5.41, 5.74) is 1.45. The first-order chi connectivity index (χ1) is 16.6. The second kappa shape index (κ2) is 9.30. The molecule has 5 aromatic rings. The summed E-state index contributed by atoms with van der Waals surface area (Å²) in [7, 11) is 0. The van der Waals surface area contributed by atoms with E-state index in [0.29, 0.717) is 22.9 Å². The van der Waals surface area contributed by atoms with Crippen LogP contribution >= 0.6 is 11.8 Å². The fraction of sp³-hybridized carbons (Fsp3) is 0.231. The highest BCUT2D eigenvalue weighted by molar-refractivity contribution is 8.00. The van der Waals surface area contributed by atoms with Crippen LogP contribution in [0.3, 0.4) is 0 Å². The Bertz CT molecular complexity index is 1570. The minimum atomic E-state index is -0.429. The zero-order valence-corrected chi connectivity index (χ0v) is 19.9. The summed E-state index contributed by atoms with van der Waals surface area (Å²) in [6.07, 6.45) is 1.83. The third kappa shape index (κ3) is 3.94. The first kappa shape index (κ1) is 22.2. The Labute approximate surface area is 200 Å². The van der Waals surface area contributed by atoms with Crippen LogP contribution in [-0.2, 0) is 11.3 Å². The molecule has 0 bridgehead atoms. The average molecular weight is 472 g/mol. The van der Waals surface area contributed by atoms with Gasteiger partial charge in [-0.1, -0.05) is 73.6 Å². The van der Waals surface area contributed by atoms with E-state index in [-0.39, 0.29) is 11.5 Å². The van der Waals surface area contributed by atoms with Crippen molar-refractivity contribution < 1.29 is 4.79 Å². The SMILES string of the molecule is CCCCn1c(=O)c2ccccc2n2c(SC(C)C(=O)Nc3cccc4ccccc34)nnc12. The number of para-hydroxylation sites is 1. The van der Waals surface area contributed by atoms with Crippen LogP contribution in [0.15, 0.2) is 76.7 Å². The Morgan fingerprint density at radius 2 is 1.74 bits per heavy atom. The number of fused-ring (bicyclic) bond motifs is 4. The number of amides is 1. The van der Waals surface area contributed by atoms with Crippen molar-refractivity contribution in [3.05, 3.63) is 77.1 Å². The molecule has 0 saturated carbocycles. The van der Waals surface area contributed by atoms with Crippen molar-refractivity contribution in [2.45, 2.75) is 43.6 Å². The second-order valence-electron chi connectivity index (χ2n) is 8.22. The molecule has 0 saturated heterocycles. The Morgan fingerprint density at radius 3 is 2.56 bits per heavy atom. The molecule has 7 nitrogen and oxygen atoms in total. The first-order valence-corrected chi connectivity index (χ1v) is 12.3. The topological polar surface area (TPSA) is 81.3 Å². The number of nitrogens with zero attached hydrogens (tertiary/aromatic N) is 4. The fourth-order valence-corrected chi connectivity index (χ4v) is 4.96. The Morgan fingerprint density at radius 1 is 1.00 bits per heavy atom. The molecule has 1 amide bonds. The van der Waals surface area contributed by atoms with E-state index >= 15 is 0 Å². The number of hydrogen-bond donors (Lipinski definition) is 1. The highest BCUT2D eigenvalue weighted by Crippen LogP contribution is 2.28. The first-order valence-electron chi connectivity index (χ1n) is 11.4. The van der Waals surface area contributed by atoms with E-state index in [2.05, 4.69) is 22.4 Å². The molecule has 0 aliphatic heterocycles. The smallest absolute Gasteiger partial charge is 0.262 e. The van der Waals surface area contributed by atoms with E-state index in [1.165, 1.54) is 11.8 Å². The van der Waals surface area contributed by atoms with Gasteiger partial charge in [0.1, 0.15) is 0 Å². The molecule has 34 heavy (non-hydrogen) atoms. The molecule has 0 fully saturated rings. The molecule has 0 aliphatic rings. The monoisotopic (exact) mass is 471 g/mol. The van der Waals surface area contributed by atoms with Crippen molar-refractivity contribution in [1.82, 2.24) is 19.2 Å². The lowest BCUT2D eigenvalue weighted by Gasteiger charge is -2.14. The van der Waals surface area contributed by atoms with Crippen molar-refractivity contribution in [2.75, 3.05) is 5.32 Å². The van der Waals surface area contributed by atoms with Gasteiger partial charge in [0.05, 0.1) is 16.2 Å². The molecule has 3 aromatic carbocycles. The van der Waals surface area contributed by atoms with Crippen molar-refractivity contribution >= 4 is 50.8 Å². The van der Waals surface area contributed by atoms with Gasteiger partial charge < -0.3 is 5.32 Å². The normalized spacial score (nSPS) is 12.4. The molecular weight excluding hydrogens is 446 g/mol. The predicted octanol–water partition coefficient (Wildman–Crippen LogP) is 5.12. The number of aromatic nitrogens is 4. The van der Waals surface area contributed by atoms with Crippen LogP contribution in [0, 0.1) is 0 Å². The van der Waals surface area contributed by atoms with E-state index in [1.807, 2.05) is 78.1 Å². The van der Waals surface area contributed by atoms with Crippen LogP contribution in [0.5, 0.6) is 0 Å². The number of carbonyl (C=O) groups is 1. The minimum absolute atomic E-state index is 0.0674. The lowest BCUT2D eigenvalue weighted by molar-refractivity contribution is -0.115. The van der Waals surface area contributed by atoms with Crippen LogP contribution in [0.2, 0.25) is 0 Å². The third-order valence-electron chi connectivity index (χ3n) is 5.91. The molecule has 1 unspecified atom stereocenters. The van der Waals surface area contributed by atoms with Crippen LogP contribution in [0.4, 0.5) is 5.69 Å². The number of benzene rings is 3. The van der Waals surface area contributed by atoms with Crippen LogP contribution < -0.4 is 10.9 Å². The molecule has 0 aliphatic carbocycles. The second-order valence-corrected chi connectivity index (χ2v) is 9.53. The highest BCUT2D eigenvalue weighted by atomic mass is 32.2. The molecule has 0 spiro atoms. The van der Waals surface area contributed by atoms with Gasteiger partial charge in [-0.2, -0.15) is 0 Å². The zero-order valence-electron chi connectivity index (χ0n) is 19.1. The van der Waals surface area contributed by atoms with Gasteiger partial charge in [-0.05, 0) is 36.9 Å². The number of unbranched alkanes of at least 4 members (excludes halogenated alkanes) is 1. The number of anilines is 1. The summed E-state index contributed by atoms with van der Waals surface area (Å²) in [5, 5.41) is 14.6. The van der Waals surface area contributed by atoms with Gasteiger partial charge in [0.15, 0.2) is 5.16 Å². The quantitative estimate of drug-likeness (QED) is 0.333. The maximum Gasteiger partial charge on any atom is 0.262 e. The van der Waals surface area contributed by atoms with Crippen molar-refractivity contribution in [2.24, 2.45) is 0 Å². The van der Waals surface area contributed by atoms with Gasteiger partial charge in [-0.3, -0.25) is 18.6 Å². The number of hydrogen-bond acceptors (Lipinski definition) is 5. The number of rotatable bonds is 7. The van der Waals surface area contributed by atoms with E-state index < -0.39 is 5.25 Å². The summed E-state index contributed by atoms with van der Waals surface area (Å²) in [6, 6.07) is 21.3. The maximum absolute atomic E-state index is 13.1. The third-order valence-corrected chi connectivity index (χ3v) is 6.96. The summed E-state index contributed by atoms with van der Waals surface area (Å²) in [5.74, 6) is 0.378. The predicted molar refractivity (Wildman–Crippen MR) is 138 cm³/mol. The lowest BCUT2D eigenvalue weighted by atomic mass is 10.1. The maximum atomic E-state index is 13.1. The Kier molecular flexibility index (Phi) is 6.06. The summed E-state index contributed by atoms with van der Waals surface area (Å²) >= 11 is 1.33. The van der Waals surface area contributed by atoms with Crippen LogP contribution in [0.1, 0.15) is 26.7 Å². The molecule has 5 rings (SSSR count). The van der Waals surface area contributed by atoms with Crippen molar-refractivity contribution in [3.63, 3.8) is 0 Å². The van der Waals surface area contributed by atoms with E-state index in [0.717, 1.165) is 34.8 Å². The molecule has 8 heteroatoms. The number of nitrogens with one attached hydrogen (secondary N) is 1. The lowest BCUT2D eigenvalue weighted by Crippen LogP contribution is -2.24. The molecular formula is C26H25N5O2S. The van der Waals surface area contributed by atoms with Gasteiger partial charge in [0.25, 0.3) is 5.56 Å². The van der Waals surface area contributed by atoms with Crippen LogP contribution in [0.25, 0.3) is 27.5 Å². The molecule has 1 N–H and O–H groups in total. The Hall–Kier alpha value is -3.65. The number of thioether (sulfide) groups is 1. The largest absolute Gasteiger partial charge is 0.325 e. The minimum Gasteiger partial charge on any atom is -0.325 e. The van der Waals surface area contributed by atoms with Gasteiger partial charge in [0, 0.05) is 17.6 Å². The molecule has 172 valence electrons. The highest BCUT2D eigenvalue weighted by Gasteiger charge is 2.22.